The SMILES string of the molecule is Cc1cc(Cl)cc(C(=O)NC(C)C)c1NC(=O)c1cc(CF)nn1-c1ncccc1Cl. The molecule has 0 spiro atoms. The van der Waals surface area contributed by atoms with E-state index in [1.54, 1.807) is 25.1 Å². The lowest BCUT2D eigenvalue weighted by molar-refractivity contribution is 0.0944. The topological polar surface area (TPSA) is 88.9 Å². The maximum atomic E-state index is 13.3. The molecular weight excluding hydrogens is 444 g/mol. The van der Waals surface area contributed by atoms with Gasteiger partial charge in [-0.25, -0.2) is 14.1 Å². The number of carbonyl (C=O) groups excluding carboxylic acids is 2. The average Bonchev–Trinajstić information content (AvgIpc) is 3.14. The molecule has 31 heavy (non-hydrogen) atoms. The number of carbonyl (C=O) groups is 2. The van der Waals surface area contributed by atoms with Gasteiger partial charge in [-0.05, 0) is 56.7 Å². The monoisotopic (exact) mass is 463 g/mol. The number of amides is 2. The molecule has 2 amide bonds. The predicted octanol–water partition coefficient (Wildman–Crippen LogP) is 4.74. The third-order valence-corrected chi connectivity index (χ3v) is 4.79. The molecule has 0 saturated heterocycles. The van der Waals surface area contributed by atoms with Crippen LogP contribution in [0.3, 0.4) is 0 Å². The van der Waals surface area contributed by atoms with Crippen molar-refractivity contribution in [3.8, 4) is 5.82 Å². The number of pyridine rings is 1. The minimum absolute atomic E-state index is 0.0119. The molecule has 0 unspecified atom stereocenters. The minimum atomic E-state index is -0.875. The number of hydrogen-bond acceptors (Lipinski definition) is 4. The van der Waals surface area contributed by atoms with E-state index in [0.717, 1.165) is 0 Å². The van der Waals surface area contributed by atoms with Crippen LogP contribution in [0, 0.1) is 6.92 Å². The first-order chi connectivity index (χ1) is 14.7. The summed E-state index contributed by atoms with van der Waals surface area (Å²) < 4.78 is 14.5. The zero-order chi connectivity index (χ0) is 22.7. The molecule has 2 aromatic heterocycles. The fourth-order valence-corrected chi connectivity index (χ4v) is 3.43. The van der Waals surface area contributed by atoms with Crippen LogP contribution in [0.1, 0.15) is 46.0 Å². The van der Waals surface area contributed by atoms with Gasteiger partial charge in [0.15, 0.2) is 5.82 Å². The molecule has 2 N–H and O–H groups in total. The highest BCUT2D eigenvalue weighted by molar-refractivity contribution is 6.32. The Morgan fingerprint density at radius 2 is 1.94 bits per heavy atom. The van der Waals surface area contributed by atoms with E-state index in [9.17, 15) is 14.0 Å². The molecule has 0 aliphatic carbocycles. The van der Waals surface area contributed by atoms with Gasteiger partial charge in [-0.2, -0.15) is 5.10 Å². The Labute approximate surface area is 188 Å². The first kappa shape index (κ1) is 22.7. The summed E-state index contributed by atoms with van der Waals surface area (Å²) in [7, 11) is 0. The van der Waals surface area contributed by atoms with E-state index in [0.29, 0.717) is 10.6 Å². The van der Waals surface area contributed by atoms with Gasteiger partial charge in [-0.15, -0.1) is 0 Å². The predicted molar refractivity (Wildman–Crippen MR) is 118 cm³/mol. The van der Waals surface area contributed by atoms with E-state index in [-0.39, 0.29) is 45.4 Å². The maximum absolute atomic E-state index is 13.3. The Bertz CT molecular complexity index is 1150. The smallest absolute Gasteiger partial charge is 0.274 e. The van der Waals surface area contributed by atoms with E-state index in [1.165, 1.54) is 23.0 Å². The number of benzene rings is 1. The molecule has 10 heteroatoms. The number of nitrogens with one attached hydrogen (secondary N) is 2. The van der Waals surface area contributed by atoms with Gasteiger partial charge in [0, 0.05) is 17.3 Å². The molecule has 0 aliphatic heterocycles. The fraction of sp³-hybridized carbons (Fsp3) is 0.238. The standard InChI is InChI=1S/C21H20Cl2FN5O2/c1-11(2)26-20(30)15-8-13(22)7-12(3)18(15)27-21(31)17-9-14(10-24)28-29(17)19-16(23)5-4-6-25-19/h4-9,11H,10H2,1-3H3,(H,26,30)(H,27,31). The number of aryl methyl sites for hydroxylation is 1. The van der Waals surface area contributed by atoms with Crippen molar-refractivity contribution in [2.24, 2.45) is 0 Å². The summed E-state index contributed by atoms with van der Waals surface area (Å²) in [6.07, 6.45) is 1.48. The largest absolute Gasteiger partial charge is 0.350 e. The Kier molecular flexibility index (Phi) is 6.92. The van der Waals surface area contributed by atoms with Gasteiger partial charge >= 0.3 is 0 Å². The summed E-state index contributed by atoms with van der Waals surface area (Å²) in [4.78, 5) is 30.0. The van der Waals surface area contributed by atoms with Crippen molar-refractivity contribution in [2.75, 3.05) is 5.32 Å². The van der Waals surface area contributed by atoms with Gasteiger partial charge in [0.05, 0.1) is 22.0 Å². The summed E-state index contributed by atoms with van der Waals surface area (Å²) in [5.41, 5.74) is 1.13. The van der Waals surface area contributed by atoms with Gasteiger partial charge in [-0.3, -0.25) is 9.59 Å². The molecule has 0 atom stereocenters. The molecule has 0 bridgehead atoms. The molecule has 1 aromatic carbocycles. The lowest BCUT2D eigenvalue weighted by atomic mass is 10.1. The number of nitrogens with zero attached hydrogens (tertiary/aromatic N) is 3. The molecular formula is C21H20Cl2FN5O2. The molecule has 3 aromatic rings. The van der Waals surface area contributed by atoms with Crippen LogP contribution in [-0.2, 0) is 6.67 Å². The van der Waals surface area contributed by atoms with Crippen LogP contribution < -0.4 is 10.6 Å². The molecule has 0 saturated carbocycles. The van der Waals surface area contributed by atoms with Crippen LogP contribution in [0.4, 0.5) is 10.1 Å². The van der Waals surface area contributed by atoms with Crippen molar-refractivity contribution in [1.29, 1.82) is 0 Å². The van der Waals surface area contributed by atoms with E-state index in [1.807, 2.05) is 13.8 Å². The van der Waals surface area contributed by atoms with Crippen LogP contribution in [0.15, 0.2) is 36.5 Å². The molecule has 3 rings (SSSR count). The van der Waals surface area contributed by atoms with Gasteiger partial charge in [0.1, 0.15) is 12.4 Å². The second-order valence-corrected chi connectivity index (χ2v) is 7.95. The van der Waals surface area contributed by atoms with Crippen LogP contribution in [0.25, 0.3) is 5.82 Å². The Morgan fingerprint density at radius 1 is 1.19 bits per heavy atom. The molecule has 0 radical (unpaired) electrons. The highest BCUT2D eigenvalue weighted by atomic mass is 35.5. The number of hydrogen-bond donors (Lipinski definition) is 2. The molecule has 162 valence electrons. The lowest BCUT2D eigenvalue weighted by Crippen LogP contribution is -2.31. The summed E-state index contributed by atoms with van der Waals surface area (Å²) in [5.74, 6) is -0.820. The Hall–Kier alpha value is -2.97. The first-order valence-electron chi connectivity index (χ1n) is 9.39. The number of halogens is 3. The van der Waals surface area contributed by atoms with Crippen molar-refractivity contribution >= 4 is 40.7 Å². The average molecular weight is 464 g/mol. The normalized spacial score (nSPS) is 10.9. The summed E-state index contributed by atoms with van der Waals surface area (Å²) in [5, 5.41) is 10.2. The first-order valence-corrected chi connectivity index (χ1v) is 10.1. The van der Waals surface area contributed by atoms with Gasteiger partial charge < -0.3 is 10.6 Å². The van der Waals surface area contributed by atoms with Gasteiger partial charge in [0.2, 0.25) is 0 Å². The van der Waals surface area contributed by atoms with Crippen LogP contribution >= 0.6 is 23.2 Å². The second kappa shape index (κ2) is 9.45. The van der Waals surface area contributed by atoms with Gasteiger partial charge in [0.25, 0.3) is 11.8 Å². The molecule has 0 aliphatic rings. The number of aromatic nitrogens is 3. The van der Waals surface area contributed by atoms with Crippen molar-refractivity contribution in [2.45, 2.75) is 33.5 Å². The molecule has 7 nitrogen and oxygen atoms in total. The van der Waals surface area contributed by atoms with Crippen LogP contribution in [0.5, 0.6) is 0 Å². The second-order valence-electron chi connectivity index (χ2n) is 7.10. The number of alkyl halides is 1. The van der Waals surface area contributed by atoms with Crippen molar-refractivity contribution in [1.82, 2.24) is 20.1 Å². The van der Waals surface area contributed by atoms with E-state index in [2.05, 4.69) is 20.7 Å². The summed E-state index contributed by atoms with van der Waals surface area (Å²) >= 11 is 12.3. The van der Waals surface area contributed by atoms with Crippen molar-refractivity contribution in [3.05, 3.63) is 69.1 Å². The van der Waals surface area contributed by atoms with Crippen molar-refractivity contribution in [3.63, 3.8) is 0 Å². The zero-order valence-corrected chi connectivity index (χ0v) is 18.6. The van der Waals surface area contributed by atoms with Gasteiger partial charge in [-0.1, -0.05) is 23.2 Å². The fourth-order valence-electron chi connectivity index (χ4n) is 2.96. The maximum Gasteiger partial charge on any atom is 0.274 e. The quantitative estimate of drug-likeness (QED) is 0.552. The number of anilines is 1. The third kappa shape index (κ3) is 5.03. The Morgan fingerprint density at radius 3 is 2.58 bits per heavy atom. The number of rotatable bonds is 6. The van der Waals surface area contributed by atoms with Crippen LogP contribution in [0.2, 0.25) is 10.0 Å². The minimum Gasteiger partial charge on any atom is -0.350 e. The highest BCUT2D eigenvalue weighted by Crippen LogP contribution is 2.27. The van der Waals surface area contributed by atoms with Crippen molar-refractivity contribution < 1.29 is 14.0 Å². The highest BCUT2D eigenvalue weighted by Gasteiger charge is 2.23. The summed E-state index contributed by atoms with van der Waals surface area (Å²) in [6, 6.07) is 7.50. The Balaban J connectivity index is 2.04. The van der Waals surface area contributed by atoms with E-state index >= 15 is 0 Å². The lowest BCUT2D eigenvalue weighted by Gasteiger charge is -2.16. The zero-order valence-electron chi connectivity index (χ0n) is 17.0. The molecule has 2 heterocycles. The molecule has 0 fully saturated rings. The third-order valence-electron chi connectivity index (χ3n) is 4.27. The summed E-state index contributed by atoms with van der Waals surface area (Å²) in [6.45, 7) is 4.48. The van der Waals surface area contributed by atoms with E-state index < -0.39 is 12.6 Å². The van der Waals surface area contributed by atoms with E-state index in [4.69, 9.17) is 23.2 Å². The van der Waals surface area contributed by atoms with Crippen LogP contribution in [-0.4, -0.2) is 32.6 Å².